The fourth-order valence-corrected chi connectivity index (χ4v) is 10.5. The van der Waals surface area contributed by atoms with Gasteiger partial charge in [0.05, 0.1) is 6.61 Å². The quantitative estimate of drug-likeness (QED) is 0.0373. The number of unbranched alkanes of at least 4 members (excludes halogenated alkanes) is 42. The van der Waals surface area contributed by atoms with E-state index in [9.17, 15) is 14.7 Å². The van der Waals surface area contributed by atoms with Crippen LogP contribution in [0.4, 0.5) is 0 Å². The standard InChI is InChI=1S/C77H136O5/c1-3-5-7-9-11-13-15-17-19-21-23-25-27-29-31-32-33-34-35-36-37-38-39-40-41-42-43-44-46-48-50-52-54-56-58-60-62-64-66-68-70-72-77(80)82-75(73-78)74-81-76(79)71-69-67-65-63-61-59-57-55-53-51-49-47-45-30-28-26-24-22-20-18-16-14-12-10-8-6-4-2/h5,7,11,13,17,19,22-25,29,31,33-34,36-37,75,78H,3-4,6,8-10,12,14-16,18,20-21,26-28,30,32,35,38-74H2,1-2H3/b7-5-,13-11-,19-17-,24-22-,25-23-,31-29-,34-33-,37-36-. The molecular weight excluding hydrogens is 1000 g/mol. The predicted molar refractivity (Wildman–Crippen MR) is 362 cm³/mol. The largest absolute Gasteiger partial charge is 0.462 e. The van der Waals surface area contributed by atoms with Crippen molar-refractivity contribution in [3.05, 3.63) is 97.2 Å². The lowest BCUT2D eigenvalue weighted by molar-refractivity contribution is -0.161. The molecule has 0 amide bonds. The second-order valence-electron chi connectivity index (χ2n) is 23.9. The van der Waals surface area contributed by atoms with E-state index in [0.29, 0.717) is 12.8 Å². The SMILES string of the molecule is CC/C=C\C/C=C\C/C=C\C/C=C\C/C=C\C/C=C\C/C=C\CCCCCCCCCCCCCCCCCCCCCC(=O)OC(CO)COC(=O)CCCCCCCCCCCCCCCCC/C=C\CCCCCCCCCC. The summed E-state index contributed by atoms with van der Waals surface area (Å²) in [6.07, 6.45) is 103. The third-order valence-electron chi connectivity index (χ3n) is 15.9. The van der Waals surface area contributed by atoms with E-state index < -0.39 is 6.10 Å². The van der Waals surface area contributed by atoms with Crippen molar-refractivity contribution in [2.24, 2.45) is 0 Å². The molecule has 0 fully saturated rings. The summed E-state index contributed by atoms with van der Waals surface area (Å²) in [6, 6.07) is 0. The van der Waals surface area contributed by atoms with Crippen molar-refractivity contribution in [3.8, 4) is 0 Å². The molecule has 0 saturated carbocycles. The van der Waals surface area contributed by atoms with Crippen LogP contribution in [0.15, 0.2) is 97.2 Å². The van der Waals surface area contributed by atoms with Gasteiger partial charge in [-0.05, 0) is 96.3 Å². The average Bonchev–Trinajstić information content (AvgIpc) is 3.49. The smallest absolute Gasteiger partial charge is 0.306 e. The van der Waals surface area contributed by atoms with Crippen molar-refractivity contribution < 1.29 is 24.2 Å². The Kier molecular flexibility index (Phi) is 69.3. The number of aliphatic hydroxyl groups is 1. The third kappa shape index (κ3) is 69.3. The lowest BCUT2D eigenvalue weighted by atomic mass is 10.0. The van der Waals surface area contributed by atoms with Crippen LogP contribution in [0.2, 0.25) is 0 Å². The van der Waals surface area contributed by atoms with E-state index in [0.717, 1.165) is 83.5 Å². The number of rotatable bonds is 66. The van der Waals surface area contributed by atoms with Gasteiger partial charge in [-0.3, -0.25) is 9.59 Å². The minimum atomic E-state index is -0.774. The van der Waals surface area contributed by atoms with Crippen molar-refractivity contribution in [3.63, 3.8) is 0 Å². The van der Waals surface area contributed by atoms with Crippen LogP contribution >= 0.6 is 0 Å². The van der Waals surface area contributed by atoms with Gasteiger partial charge in [-0.15, -0.1) is 0 Å². The Labute approximate surface area is 510 Å². The van der Waals surface area contributed by atoms with E-state index in [1.807, 2.05) is 0 Å². The number of hydrogen-bond acceptors (Lipinski definition) is 5. The zero-order valence-corrected chi connectivity index (χ0v) is 54.5. The van der Waals surface area contributed by atoms with Crippen molar-refractivity contribution >= 4 is 11.9 Å². The van der Waals surface area contributed by atoms with E-state index in [-0.39, 0.29) is 25.2 Å². The van der Waals surface area contributed by atoms with Crippen LogP contribution in [0.25, 0.3) is 0 Å². The summed E-state index contributed by atoms with van der Waals surface area (Å²) in [4.78, 5) is 24.7. The Bertz CT molecular complexity index is 1530. The molecule has 1 atom stereocenters. The summed E-state index contributed by atoms with van der Waals surface area (Å²) >= 11 is 0. The topological polar surface area (TPSA) is 72.8 Å². The molecule has 0 aliphatic carbocycles. The molecule has 0 radical (unpaired) electrons. The van der Waals surface area contributed by atoms with Gasteiger partial charge in [0.15, 0.2) is 6.10 Å². The Morgan fingerprint density at radius 1 is 0.293 bits per heavy atom. The highest BCUT2D eigenvalue weighted by Crippen LogP contribution is 2.18. The van der Waals surface area contributed by atoms with Crippen molar-refractivity contribution in [1.82, 2.24) is 0 Å². The zero-order chi connectivity index (χ0) is 59.1. The fraction of sp³-hybridized carbons (Fsp3) is 0.766. The molecule has 1 unspecified atom stereocenters. The molecule has 0 spiro atoms. The Morgan fingerprint density at radius 2 is 0.524 bits per heavy atom. The Balaban J connectivity index is 3.44. The van der Waals surface area contributed by atoms with Gasteiger partial charge in [0.2, 0.25) is 0 Å². The minimum absolute atomic E-state index is 0.0635. The van der Waals surface area contributed by atoms with E-state index in [4.69, 9.17) is 9.47 Å². The van der Waals surface area contributed by atoms with Crippen LogP contribution in [0.1, 0.15) is 361 Å². The van der Waals surface area contributed by atoms with Gasteiger partial charge < -0.3 is 14.6 Å². The van der Waals surface area contributed by atoms with Gasteiger partial charge in [-0.25, -0.2) is 0 Å². The maximum absolute atomic E-state index is 12.4. The summed E-state index contributed by atoms with van der Waals surface area (Å²) in [5.41, 5.74) is 0. The first-order chi connectivity index (χ1) is 40.6. The second-order valence-corrected chi connectivity index (χ2v) is 23.9. The maximum Gasteiger partial charge on any atom is 0.306 e. The van der Waals surface area contributed by atoms with Gasteiger partial charge in [-0.1, -0.05) is 349 Å². The predicted octanol–water partition coefficient (Wildman–Crippen LogP) is 25.0. The lowest BCUT2D eigenvalue weighted by Gasteiger charge is -2.15. The summed E-state index contributed by atoms with van der Waals surface area (Å²) in [6.45, 7) is 4.07. The molecule has 5 nitrogen and oxygen atoms in total. The van der Waals surface area contributed by atoms with Crippen LogP contribution in [0.3, 0.4) is 0 Å². The lowest BCUT2D eigenvalue weighted by Crippen LogP contribution is -2.28. The van der Waals surface area contributed by atoms with Gasteiger partial charge in [0.25, 0.3) is 0 Å². The molecule has 0 aromatic heterocycles. The second kappa shape index (κ2) is 72.1. The molecule has 474 valence electrons. The summed E-state index contributed by atoms with van der Waals surface area (Å²) in [7, 11) is 0. The van der Waals surface area contributed by atoms with Crippen LogP contribution in [-0.2, 0) is 19.1 Å². The summed E-state index contributed by atoms with van der Waals surface area (Å²) in [5.74, 6) is -0.574. The Hall–Kier alpha value is -3.18. The number of allylic oxidation sites excluding steroid dienone is 16. The molecule has 1 N–H and O–H groups in total. The first kappa shape index (κ1) is 78.8. The highest BCUT2D eigenvalue weighted by Gasteiger charge is 2.16. The summed E-state index contributed by atoms with van der Waals surface area (Å²) in [5, 5.41) is 9.71. The highest BCUT2D eigenvalue weighted by molar-refractivity contribution is 5.70. The maximum atomic E-state index is 12.4. The fourth-order valence-electron chi connectivity index (χ4n) is 10.5. The highest BCUT2D eigenvalue weighted by atomic mass is 16.6. The van der Waals surface area contributed by atoms with Gasteiger partial charge >= 0.3 is 11.9 Å². The number of carbonyl (C=O) groups excluding carboxylic acids is 2. The zero-order valence-electron chi connectivity index (χ0n) is 54.5. The van der Waals surface area contributed by atoms with Crippen LogP contribution < -0.4 is 0 Å². The number of hydrogen-bond donors (Lipinski definition) is 1. The molecule has 0 aliphatic rings. The van der Waals surface area contributed by atoms with E-state index in [2.05, 4.69) is 111 Å². The molecule has 82 heavy (non-hydrogen) atoms. The van der Waals surface area contributed by atoms with Gasteiger partial charge in [0, 0.05) is 12.8 Å². The molecule has 0 rings (SSSR count). The molecule has 0 aliphatic heterocycles. The number of esters is 2. The molecule has 0 bridgehead atoms. The number of aliphatic hydroxyl groups excluding tert-OH is 1. The van der Waals surface area contributed by atoms with Crippen LogP contribution in [0, 0.1) is 0 Å². The van der Waals surface area contributed by atoms with Crippen LogP contribution in [-0.4, -0.2) is 36.4 Å². The third-order valence-corrected chi connectivity index (χ3v) is 15.9. The molecule has 0 heterocycles. The van der Waals surface area contributed by atoms with E-state index in [1.165, 1.54) is 250 Å². The monoisotopic (exact) mass is 1140 g/mol. The first-order valence-electron chi connectivity index (χ1n) is 35.8. The summed E-state index contributed by atoms with van der Waals surface area (Å²) < 4.78 is 10.8. The number of ether oxygens (including phenoxy) is 2. The van der Waals surface area contributed by atoms with Crippen molar-refractivity contribution in [1.29, 1.82) is 0 Å². The van der Waals surface area contributed by atoms with Crippen LogP contribution in [0.5, 0.6) is 0 Å². The number of carbonyl (C=O) groups is 2. The minimum Gasteiger partial charge on any atom is -0.462 e. The average molecular weight is 1140 g/mol. The van der Waals surface area contributed by atoms with Gasteiger partial charge in [0.1, 0.15) is 6.61 Å². The molecular formula is C77H136O5. The van der Waals surface area contributed by atoms with Gasteiger partial charge in [-0.2, -0.15) is 0 Å². The molecule has 0 aromatic carbocycles. The first-order valence-corrected chi connectivity index (χ1v) is 35.8. The van der Waals surface area contributed by atoms with Crippen molar-refractivity contribution in [2.75, 3.05) is 13.2 Å². The van der Waals surface area contributed by atoms with E-state index >= 15 is 0 Å². The van der Waals surface area contributed by atoms with Crippen molar-refractivity contribution in [2.45, 2.75) is 367 Å². The molecule has 5 heteroatoms. The molecule has 0 aromatic rings. The Morgan fingerprint density at radius 3 is 0.805 bits per heavy atom. The van der Waals surface area contributed by atoms with E-state index in [1.54, 1.807) is 0 Å². The molecule has 0 saturated heterocycles. The normalized spacial score (nSPS) is 12.8.